The van der Waals surface area contributed by atoms with Gasteiger partial charge in [-0.3, -0.25) is 0 Å². The van der Waals surface area contributed by atoms with E-state index in [1.165, 1.54) is 12.4 Å². The Morgan fingerprint density at radius 3 is 2.32 bits per heavy atom. The van der Waals surface area contributed by atoms with E-state index in [4.69, 9.17) is 5.14 Å². The Kier molecular flexibility index (Phi) is 6.76. The van der Waals surface area contributed by atoms with E-state index >= 15 is 0 Å². The lowest BCUT2D eigenvalue weighted by molar-refractivity contribution is 0.597. The summed E-state index contributed by atoms with van der Waals surface area (Å²) in [6.07, 6.45) is 1.47. The second-order valence-corrected chi connectivity index (χ2v) is 9.54. The first-order valence-electron chi connectivity index (χ1n) is 10.6. The van der Waals surface area contributed by atoms with Crippen LogP contribution in [0.3, 0.4) is 0 Å². The van der Waals surface area contributed by atoms with Crippen LogP contribution in [0.2, 0.25) is 0 Å². The summed E-state index contributed by atoms with van der Waals surface area (Å²) in [6.45, 7) is 0.387. The largest absolute Gasteiger partial charge is 0.378 e. The maximum atomic E-state index is 11.6. The third-order valence-corrected chi connectivity index (χ3v) is 6.13. The SMILES string of the molecule is CN(C)c1ccc(-c2cccc(Nc3cc(NCc4cccc(S(N)(=O)=O)c4)ncn3)c2)cc1. The Hall–Kier alpha value is -3.95. The van der Waals surface area contributed by atoms with Gasteiger partial charge in [-0.15, -0.1) is 0 Å². The highest BCUT2D eigenvalue weighted by molar-refractivity contribution is 7.89. The van der Waals surface area contributed by atoms with Crippen LogP contribution in [-0.4, -0.2) is 32.5 Å². The van der Waals surface area contributed by atoms with Crippen molar-refractivity contribution in [3.63, 3.8) is 0 Å². The predicted octanol–water partition coefficient (Wildman–Crippen LogP) is 4.21. The van der Waals surface area contributed by atoms with Gasteiger partial charge in [0.15, 0.2) is 0 Å². The lowest BCUT2D eigenvalue weighted by Gasteiger charge is -2.13. The number of nitrogens with two attached hydrogens (primary N) is 1. The number of anilines is 4. The van der Waals surface area contributed by atoms with E-state index in [2.05, 4.69) is 61.9 Å². The van der Waals surface area contributed by atoms with E-state index in [1.54, 1.807) is 18.2 Å². The first-order chi connectivity index (χ1) is 16.3. The fraction of sp³-hybridized carbons (Fsp3) is 0.120. The molecule has 0 spiro atoms. The van der Waals surface area contributed by atoms with Crippen molar-refractivity contribution >= 4 is 33.0 Å². The number of benzene rings is 3. The smallest absolute Gasteiger partial charge is 0.238 e. The summed E-state index contributed by atoms with van der Waals surface area (Å²) in [7, 11) is 0.295. The van der Waals surface area contributed by atoms with Crippen LogP contribution < -0.4 is 20.7 Å². The van der Waals surface area contributed by atoms with Crippen molar-refractivity contribution in [1.29, 1.82) is 0 Å². The minimum atomic E-state index is -3.74. The zero-order valence-electron chi connectivity index (χ0n) is 18.9. The van der Waals surface area contributed by atoms with Crippen LogP contribution in [-0.2, 0) is 16.6 Å². The third kappa shape index (κ3) is 5.89. The van der Waals surface area contributed by atoms with Gasteiger partial charge in [0.1, 0.15) is 18.0 Å². The van der Waals surface area contributed by atoms with Gasteiger partial charge in [-0.25, -0.2) is 23.5 Å². The minimum absolute atomic E-state index is 0.0769. The zero-order chi connectivity index (χ0) is 24.1. The molecule has 0 fully saturated rings. The molecule has 0 radical (unpaired) electrons. The molecule has 1 aromatic heterocycles. The van der Waals surface area contributed by atoms with E-state index in [0.717, 1.165) is 28.1 Å². The second-order valence-electron chi connectivity index (χ2n) is 7.98. The first-order valence-corrected chi connectivity index (χ1v) is 12.1. The fourth-order valence-electron chi connectivity index (χ4n) is 3.42. The molecule has 0 aliphatic rings. The molecule has 174 valence electrons. The Morgan fingerprint density at radius 2 is 1.59 bits per heavy atom. The minimum Gasteiger partial charge on any atom is -0.378 e. The fourth-order valence-corrected chi connectivity index (χ4v) is 4.01. The van der Waals surface area contributed by atoms with Crippen molar-refractivity contribution in [1.82, 2.24) is 9.97 Å². The van der Waals surface area contributed by atoms with Crippen molar-refractivity contribution in [3.05, 3.63) is 90.8 Å². The van der Waals surface area contributed by atoms with Gasteiger partial charge >= 0.3 is 0 Å². The van der Waals surface area contributed by atoms with E-state index in [-0.39, 0.29) is 4.90 Å². The van der Waals surface area contributed by atoms with Gasteiger partial charge in [0.25, 0.3) is 0 Å². The maximum absolute atomic E-state index is 11.6. The normalized spacial score (nSPS) is 11.1. The Balaban J connectivity index is 1.45. The molecule has 0 saturated heterocycles. The average Bonchev–Trinajstić information content (AvgIpc) is 2.83. The van der Waals surface area contributed by atoms with Crippen LogP contribution in [0.4, 0.5) is 23.0 Å². The molecular weight excluding hydrogens is 448 g/mol. The van der Waals surface area contributed by atoms with Crippen LogP contribution in [0.1, 0.15) is 5.56 Å². The maximum Gasteiger partial charge on any atom is 0.238 e. The molecule has 0 atom stereocenters. The number of sulfonamides is 1. The number of hydrogen-bond donors (Lipinski definition) is 3. The highest BCUT2D eigenvalue weighted by Gasteiger charge is 2.08. The molecule has 4 rings (SSSR count). The summed E-state index contributed by atoms with van der Waals surface area (Å²) in [5, 5.41) is 11.7. The van der Waals surface area contributed by atoms with Gasteiger partial charge in [0, 0.05) is 38.1 Å². The molecule has 4 aromatic rings. The van der Waals surface area contributed by atoms with E-state index in [0.29, 0.717) is 18.2 Å². The summed E-state index contributed by atoms with van der Waals surface area (Å²) in [6, 6.07) is 24.8. The summed E-state index contributed by atoms with van der Waals surface area (Å²) >= 11 is 0. The van der Waals surface area contributed by atoms with Crippen molar-refractivity contribution in [2.45, 2.75) is 11.4 Å². The van der Waals surface area contributed by atoms with Gasteiger partial charge in [-0.05, 0) is 53.1 Å². The topological polar surface area (TPSA) is 113 Å². The molecule has 0 amide bonds. The van der Waals surface area contributed by atoms with Gasteiger partial charge < -0.3 is 15.5 Å². The number of aromatic nitrogens is 2. The monoisotopic (exact) mass is 474 g/mol. The van der Waals surface area contributed by atoms with Crippen LogP contribution in [0.5, 0.6) is 0 Å². The molecule has 0 aliphatic heterocycles. The van der Waals surface area contributed by atoms with Gasteiger partial charge in [-0.1, -0.05) is 36.4 Å². The van der Waals surface area contributed by atoms with Crippen molar-refractivity contribution in [3.8, 4) is 11.1 Å². The Bertz CT molecular complexity index is 1390. The molecular formula is C25H26N6O2S. The zero-order valence-corrected chi connectivity index (χ0v) is 19.8. The molecule has 4 N–H and O–H groups in total. The number of nitrogens with one attached hydrogen (secondary N) is 2. The average molecular weight is 475 g/mol. The van der Waals surface area contributed by atoms with Crippen molar-refractivity contribution in [2.75, 3.05) is 29.6 Å². The lowest BCUT2D eigenvalue weighted by Crippen LogP contribution is -2.12. The predicted molar refractivity (Wildman–Crippen MR) is 137 cm³/mol. The van der Waals surface area contributed by atoms with E-state index in [1.807, 2.05) is 32.3 Å². The number of rotatable bonds is 8. The Morgan fingerprint density at radius 1 is 0.853 bits per heavy atom. The summed E-state index contributed by atoms with van der Waals surface area (Å²) in [5.74, 6) is 1.24. The first kappa shape index (κ1) is 23.2. The summed E-state index contributed by atoms with van der Waals surface area (Å²) in [4.78, 5) is 10.7. The number of hydrogen-bond acceptors (Lipinski definition) is 7. The van der Waals surface area contributed by atoms with Crippen molar-refractivity contribution in [2.24, 2.45) is 5.14 Å². The molecule has 0 saturated carbocycles. The van der Waals surface area contributed by atoms with Crippen LogP contribution in [0.25, 0.3) is 11.1 Å². The van der Waals surface area contributed by atoms with Crippen LogP contribution >= 0.6 is 0 Å². The molecule has 9 heteroatoms. The second kappa shape index (κ2) is 9.90. The highest BCUT2D eigenvalue weighted by Crippen LogP contribution is 2.26. The Labute approximate surface area is 199 Å². The molecule has 8 nitrogen and oxygen atoms in total. The quantitative estimate of drug-likeness (QED) is 0.350. The van der Waals surface area contributed by atoms with Crippen LogP contribution in [0, 0.1) is 0 Å². The van der Waals surface area contributed by atoms with E-state index in [9.17, 15) is 8.42 Å². The van der Waals surface area contributed by atoms with Gasteiger partial charge in [0.2, 0.25) is 10.0 Å². The summed E-state index contributed by atoms with van der Waals surface area (Å²) in [5.41, 5.74) is 5.04. The lowest BCUT2D eigenvalue weighted by atomic mass is 10.0. The van der Waals surface area contributed by atoms with E-state index < -0.39 is 10.0 Å². The molecule has 0 bridgehead atoms. The number of nitrogens with zero attached hydrogens (tertiary/aromatic N) is 3. The molecule has 1 heterocycles. The highest BCUT2D eigenvalue weighted by atomic mass is 32.2. The third-order valence-electron chi connectivity index (χ3n) is 5.22. The summed E-state index contributed by atoms with van der Waals surface area (Å²) < 4.78 is 23.1. The molecule has 0 unspecified atom stereocenters. The van der Waals surface area contributed by atoms with Crippen molar-refractivity contribution < 1.29 is 8.42 Å². The number of primary sulfonamides is 1. The van der Waals surface area contributed by atoms with Gasteiger partial charge in [0.05, 0.1) is 4.90 Å². The molecule has 0 aliphatic carbocycles. The molecule has 3 aromatic carbocycles. The van der Waals surface area contributed by atoms with Gasteiger partial charge in [-0.2, -0.15) is 0 Å². The molecule has 34 heavy (non-hydrogen) atoms. The standard InChI is InChI=1S/C25H26N6O2S/c1-31(2)22-11-9-19(10-12-22)20-6-4-7-21(14-20)30-25-15-24(28-17-29-25)27-16-18-5-3-8-23(13-18)34(26,32)33/h3-15,17H,16H2,1-2H3,(H2,26,32,33)(H2,27,28,29,30). The van der Waals surface area contributed by atoms with Crippen LogP contribution in [0.15, 0.2) is 90.1 Å².